The molecule has 24 heavy (non-hydrogen) atoms. The first-order valence-corrected chi connectivity index (χ1v) is 7.50. The summed E-state index contributed by atoms with van der Waals surface area (Å²) < 4.78 is 1.81. The van der Waals surface area contributed by atoms with Gasteiger partial charge in [0.05, 0.1) is 17.2 Å². The van der Waals surface area contributed by atoms with Crippen LogP contribution >= 0.6 is 0 Å². The molecule has 0 fully saturated rings. The lowest BCUT2D eigenvalue weighted by atomic mass is 10.2. The summed E-state index contributed by atoms with van der Waals surface area (Å²) in [6.07, 6.45) is 0. The molecule has 0 spiro atoms. The van der Waals surface area contributed by atoms with Crippen molar-refractivity contribution in [3.8, 4) is 0 Å². The molecule has 2 aromatic rings. The number of aryl methyl sites for hydroxylation is 2. The van der Waals surface area contributed by atoms with Crippen LogP contribution in [0.1, 0.15) is 17.0 Å². The Morgan fingerprint density at radius 2 is 2.04 bits per heavy atom. The van der Waals surface area contributed by atoms with Gasteiger partial charge in [0.25, 0.3) is 5.69 Å². The van der Waals surface area contributed by atoms with Crippen LogP contribution in [0.15, 0.2) is 24.3 Å². The average Bonchev–Trinajstić information content (AvgIpc) is 2.73. The number of nitrogens with zero attached hydrogens (tertiary/aromatic N) is 4. The molecule has 0 atom stereocenters. The molecule has 0 saturated heterocycles. The normalized spacial score (nSPS) is 10.9. The van der Waals surface area contributed by atoms with Crippen molar-refractivity contribution >= 4 is 17.3 Å². The molecular formula is C16H21N5O3. The van der Waals surface area contributed by atoms with E-state index in [-0.39, 0.29) is 23.8 Å². The predicted octanol–water partition coefficient (Wildman–Crippen LogP) is 2.02. The molecule has 0 unspecified atom stereocenters. The molecule has 1 aromatic carbocycles. The van der Waals surface area contributed by atoms with Crippen molar-refractivity contribution in [3.63, 3.8) is 0 Å². The van der Waals surface area contributed by atoms with E-state index in [4.69, 9.17) is 0 Å². The van der Waals surface area contributed by atoms with Crippen LogP contribution in [-0.4, -0.2) is 39.1 Å². The number of carbonyl (C=O) groups excluding carboxylic acids is 1. The zero-order chi connectivity index (χ0) is 17.9. The maximum Gasteiger partial charge on any atom is 0.292 e. The fourth-order valence-corrected chi connectivity index (χ4v) is 2.55. The van der Waals surface area contributed by atoms with Crippen molar-refractivity contribution < 1.29 is 9.72 Å². The maximum absolute atomic E-state index is 12.2. The van der Waals surface area contributed by atoms with Gasteiger partial charge in [-0.15, -0.1) is 0 Å². The van der Waals surface area contributed by atoms with Gasteiger partial charge in [-0.3, -0.25) is 24.5 Å². The van der Waals surface area contributed by atoms with E-state index in [2.05, 4.69) is 10.4 Å². The second-order valence-electron chi connectivity index (χ2n) is 5.77. The fraction of sp³-hybridized carbons (Fsp3) is 0.375. The van der Waals surface area contributed by atoms with Crippen molar-refractivity contribution in [1.29, 1.82) is 0 Å². The number of benzene rings is 1. The SMILES string of the molecule is Cc1nn(C)c(C)c1CN(C)CC(=O)Nc1ccccc1[N+](=O)[O-]. The molecule has 1 N–H and O–H groups in total. The standard InChI is InChI=1S/C16H21N5O3/c1-11-13(12(2)20(4)18-11)9-19(3)10-16(22)17-14-7-5-6-8-15(14)21(23)24/h5-8H,9-10H2,1-4H3,(H,17,22). The summed E-state index contributed by atoms with van der Waals surface area (Å²) in [5.74, 6) is -0.300. The largest absolute Gasteiger partial charge is 0.319 e. The minimum atomic E-state index is -0.512. The van der Waals surface area contributed by atoms with Crippen molar-refractivity contribution in [1.82, 2.24) is 14.7 Å². The first-order valence-electron chi connectivity index (χ1n) is 7.50. The molecule has 128 valence electrons. The highest BCUT2D eigenvalue weighted by atomic mass is 16.6. The molecule has 0 saturated carbocycles. The van der Waals surface area contributed by atoms with E-state index < -0.39 is 4.92 Å². The van der Waals surface area contributed by atoms with E-state index in [0.29, 0.717) is 6.54 Å². The smallest absolute Gasteiger partial charge is 0.292 e. The third kappa shape index (κ3) is 3.96. The van der Waals surface area contributed by atoms with Gasteiger partial charge in [-0.05, 0) is 27.0 Å². The second-order valence-corrected chi connectivity index (χ2v) is 5.77. The van der Waals surface area contributed by atoms with Gasteiger partial charge in [-0.1, -0.05) is 12.1 Å². The number of amides is 1. The number of rotatable bonds is 6. The van der Waals surface area contributed by atoms with Gasteiger partial charge in [0.2, 0.25) is 5.91 Å². The van der Waals surface area contributed by atoms with Gasteiger partial charge in [0, 0.05) is 30.9 Å². The number of nitro benzene ring substituents is 1. The zero-order valence-corrected chi connectivity index (χ0v) is 14.2. The molecule has 0 bridgehead atoms. The molecule has 8 nitrogen and oxygen atoms in total. The van der Waals surface area contributed by atoms with Crippen LogP contribution in [0.5, 0.6) is 0 Å². The Morgan fingerprint density at radius 1 is 1.38 bits per heavy atom. The Kier molecular flexibility index (Phi) is 5.30. The molecule has 1 amide bonds. The van der Waals surface area contributed by atoms with Gasteiger partial charge in [-0.25, -0.2) is 0 Å². The Morgan fingerprint density at radius 3 is 2.62 bits per heavy atom. The predicted molar refractivity (Wildman–Crippen MR) is 90.7 cm³/mol. The Balaban J connectivity index is 2.01. The topological polar surface area (TPSA) is 93.3 Å². The first kappa shape index (κ1) is 17.6. The summed E-state index contributed by atoms with van der Waals surface area (Å²) >= 11 is 0. The van der Waals surface area contributed by atoms with Gasteiger partial charge in [0.1, 0.15) is 5.69 Å². The first-order chi connectivity index (χ1) is 11.3. The molecule has 0 aliphatic heterocycles. The average molecular weight is 331 g/mol. The monoisotopic (exact) mass is 331 g/mol. The number of aromatic nitrogens is 2. The van der Waals surface area contributed by atoms with Crippen molar-refractivity contribution in [2.24, 2.45) is 7.05 Å². The lowest BCUT2D eigenvalue weighted by Crippen LogP contribution is -2.30. The van der Waals surface area contributed by atoms with Gasteiger partial charge in [0.15, 0.2) is 0 Å². The second kappa shape index (κ2) is 7.22. The molecule has 2 rings (SSSR count). The molecule has 0 radical (unpaired) electrons. The van der Waals surface area contributed by atoms with Crippen LogP contribution in [0.2, 0.25) is 0 Å². The number of likely N-dealkylation sites (N-methyl/N-ethyl adjacent to an activating group) is 1. The highest BCUT2D eigenvalue weighted by Gasteiger charge is 2.17. The van der Waals surface area contributed by atoms with E-state index in [9.17, 15) is 14.9 Å². The summed E-state index contributed by atoms with van der Waals surface area (Å²) in [5, 5.41) is 17.9. The maximum atomic E-state index is 12.2. The van der Waals surface area contributed by atoms with Crippen LogP contribution < -0.4 is 5.32 Å². The summed E-state index contributed by atoms with van der Waals surface area (Å²) in [6, 6.07) is 6.09. The number of para-hydroxylation sites is 2. The zero-order valence-electron chi connectivity index (χ0n) is 14.2. The fourth-order valence-electron chi connectivity index (χ4n) is 2.55. The van der Waals surface area contributed by atoms with Gasteiger partial charge in [-0.2, -0.15) is 5.10 Å². The van der Waals surface area contributed by atoms with E-state index in [1.807, 2.05) is 37.5 Å². The van der Waals surface area contributed by atoms with Crippen LogP contribution in [0, 0.1) is 24.0 Å². The Bertz CT molecular complexity index is 769. The number of hydrogen-bond donors (Lipinski definition) is 1. The minimum Gasteiger partial charge on any atom is -0.319 e. The van der Waals surface area contributed by atoms with Crippen LogP contribution in [0.25, 0.3) is 0 Å². The quantitative estimate of drug-likeness (QED) is 0.645. The summed E-state index contributed by atoms with van der Waals surface area (Å²) in [6.45, 7) is 4.62. The number of nitro groups is 1. The number of anilines is 1. The number of nitrogens with one attached hydrogen (secondary N) is 1. The lowest BCUT2D eigenvalue weighted by molar-refractivity contribution is -0.383. The minimum absolute atomic E-state index is 0.118. The molecule has 0 aliphatic carbocycles. The van der Waals surface area contributed by atoms with Gasteiger partial charge >= 0.3 is 0 Å². The summed E-state index contributed by atoms with van der Waals surface area (Å²) in [5.41, 5.74) is 3.15. The van der Waals surface area contributed by atoms with Crippen molar-refractivity contribution in [3.05, 3.63) is 51.3 Å². The van der Waals surface area contributed by atoms with E-state index >= 15 is 0 Å². The van der Waals surface area contributed by atoms with Gasteiger partial charge < -0.3 is 5.32 Å². The Hall–Kier alpha value is -2.74. The van der Waals surface area contributed by atoms with Crippen LogP contribution in [0.4, 0.5) is 11.4 Å². The molecular weight excluding hydrogens is 310 g/mol. The summed E-state index contributed by atoms with van der Waals surface area (Å²) in [4.78, 5) is 24.5. The van der Waals surface area contributed by atoms with Crippen molar-refractivity contribution in [2.75, 3.05) is 18.9 Å². The third-order valence-corrected chi connectivity index (χ3v) is 3.88. The molecule has 1 heterocycles. The van der Waals surface area contributed by atoms with Crippen LogP contribution in [0.3, 0.4) is 0 Å². The highest BCUT2D eigenvalue weighted by molar-refractivity contribution is 5.94. The van der Waals surface area contributed by atoms with Crippen LogP contribution in [-0.2, 0) is 18.4 Å². The lowest BCUT2D eigenvalue weighted by Gasteiger charge is -2.16. The molecule has 0 aliphatic rings. The Labute approximate surface area is 140 Å². The van der Waals surface area contributed by atoms with E-state index in [1.165, 1.54) is 12.1 Å². The third-order valence-electron chi connectivity index (χ3n) is 3.88. The molecule has 8 heteroatoms. The number of hydrogen-bond acceptors (Lipinski definition) is 5. The van der Waals surface area contributed by atoms with Crippen molar-refractivity contribution in [2.45, 2.75) is 20.4 Å². The van der Waals surface area contributed by atoms with E-state index in [1.54, 1.807) is 12.1 Å². The van der Waals surface area contributed by atoms with E-state index in [0.717, 1.165) is 17.0 Å². The summed E-state index contributed by atoms with van der Waals surface area (Å²) in [7, 11) is 3.71. The highest BCUT2D eigenvalue weighted by Crippen LogP contribution is 2.23. The number of carbonyl (C=O) groups is 1. The molecule has 1 aromatic heterocycles.